The van der Waals surface area contributed by atoms with Gasteiger partial charge in [-0.2, -0.15) is 0 Å². The first kappa shape index (κ1) is 19.5. The van der Waals surface area contributed by atoms with Crippen LogP contribution in [0.2, 0.25) is 0 Å². The highest BCUT2D eigenvalue weighted by atomic mass is 35.5. The molecular weight excluding hydrogens is 296 g/mol. The number of nitrogens with zero attached hydrogens (tertiary/aromatic N) is 1. The molecule has 1 amide bonds. The zero-order valence-corrected chi connectivity index (χ0v) is 13.4. The summed E-state index contributed by atoms with van der Waals surface area (Å²) in [5.41, 5.74) is 5.68. The van der Waals surface area contributed by atoms with Gasteiger partial charge in [0.1, 0.15) is 12.6 Å². The topological polar surface area (TPSA) is 74.0 Å². The molecule has 120 valence electrons. The van der Waals surface area contributed by atoms with E-state index >= 15 is 0 Å². The molecule has 1 atom stereocenters. The van der Waals surface area contributed by atoms with E-state index in [2.05, 4.69) is 0 Å². The van der Waals surface area contributed by atoms with Gasteiger partial charge in [-0.15, -0.1) is 12.4 Å². The summed E-state index contributed by atoms with van der Waals surface area (Å²) in [7, 11) is 4.78. The molecule has 2 N–H and O–H groups in total. The number of para-hydroxylation sites is 2. The summed E-state index contributed by atoms with van der Waals surface area (Å²) in [4.78, 5) is 13.4. The van der Waals surface area contributed by atoms with Gasteiger partial charge in [0.15, 0.2) is 11.5 Å². The average Bonchev–Trinajstić information content (AvgIpc) is 2.47. The second-order valence-corrected chi connectivity index (χ2v) is 4.32. The summed E-state index contributed by atoms with van der Waals surface area (Å²) in [6.45, 7) is 1.01. The number of rotatable bonds is 8. The van der Waals surface area contributed by atoms with Crippen LogP contribution in [0.1, 0.15) is 0 Å². The molecule has 21 heavy (non-hydrogen) atoms. The molecule has 0 saturated carbocycles. The maximum atomic E-state index is 11.8. The maximum absolute atomic E-state index is 11.8. The Bertz CT molecular complexity index is 431. The molecule has 0 fully saturated rings. The monoisotopic (exact) mass is 318 g/mol. The summed E-state index contributed by atoms with van der Waals surface area (Å²) < 4.78 is 15.6. The van der Waals surface area contributed by atoms with Gasteiger partial charge in [0.2, 0.25) is 5.91 Å². The first-order chi connectivity index (χ1) is 9.60. The van der Waals surface area contributed by atoms with Crippen LogP contribution in [0.15, 0.2) is 24.3 Å². The minimum atomic E-state index is -0.642. The molecule has 6 nitrogen and oxygen atoms in total. The quantitative estimate of drug-likeness (QED) is 0.772. The van der Waals surface area contributed by atoms with Gasteiger partial charge >= 0.3 is 0 Å². The lowest BCUT2D eigenvalue weighted by molar-refractivity contribution is -0.132. The van der Waals surface area contributed by atoms with E-state index in [9.17, 15) is 4.79 Å². The van der Waals surface area contributed by atoms with Crippen LogP contribution in [0.5, 0.6) is 11.5 Å². The second kappa shape index (κ2) is 10.3. The SMILES string of the molecule is COCC(N)C(=O)N(C)CCOc1ccccc1OC.Cl. The molecule has 1 aromatic carbocycles. The van der Waals surface area contributed by atoms with Crippen LogP contribution in [0.3, 0.4) is 0 Å². The molecule has 0 heterocycles. The average molecular weight is 319 g/mol. The highest BCUT2D eigenvalue weighted by Gasteiger charge is 2.17. The fourth-order valence-corrected chi connectivity index (χ4v) is 1.67. The van der Waals surface area contributed by atoms with Crippen LogP contribution in [0.4, 0.5) is 0 Å². The van der Waals surface area contributed by atoms with Gasteiger partial charge in [-0.3, -0.25) is 4.79 Å². The minimum absolute atomic E-state index is 0. The van der Waals surface area contributed by atoms with Crippen LogP contribution in [-0.4, -0.2) is 57.9 Å². The number of ether oxygens (including phenoxy) is 3. The predicted octanol–water partition coefficient (Wildman–Crippen LogP) is 0.928. The Hall–Kier alpha value is -1.50. The summed E-state index contributed by atoms with van der Waals surface area (Å²) in [5.74, 6) is 1.14. The standard InChI is InChI=1S/C14H22N2O4.ClH/c1-16(14(17)11(15)10-18-2)8-9-20-13-7-5-4-6-12(13)19-3;/h4-7,11H,8-10,15H2,1-3H3;1H. The maximum Gasteiger partial charge on any atom is 0.241 e. The van der Waals surface area contributed by atoms with Crippen molar-refractivity contribution in [3.05, 3.63) is 24.3 Å². The predicted molar refractivity (Wildman–Crippen MR) is 83.2 cm³/mol. The highest BCUT2D eigenvalue weighted by molar-refractivity contribution is 5.85. The van der Waals surface area contributed by atoms with Crippen molar-refractivity contribution >= 4 is 18.3 Å². The Kier molecular flexibility index (Phi) is 9.53. The Morgan fingerprint density at radius 2 is 1.90 bits per heavy atom. The third kappa shape index (κ3) is 6.20. The van der Waals surface area contributed by atoms with Crippen molar-refractivity contribution < 1.29 is 19.0 Å². The Morgan fingerprint density at radius 3 is 2.48 bits per heavy atom. The lowest BCUT2D eigenvalue weighted by Gasteiger charge is -2.21. The third-order valence-corrected chi connectivity index (χ3v) is 2.79. The van der Waals surface area contributed by atoms with E-state index in [4.69, 9.17) is 19.9 Å². The molecule has 0 aromatic heterocycles. The van der Waals surface area contributed by atoms with E-state index in [1.807, 2.05) is 24.3 Å². The highest BCUT2D eigenvalue weighted by Crippen LogP contribution is 2.25. The van der Waals surface area contributed by atoms with Crippen molar-refractivity contribution in [3.63, 3.8) is 0 Å². The number of benzene rings is 1. The van der Waals surface area contributed by atoms with E-state index in [0.717, 1.165) is 0 Å². The molecule has 0 aliphatic heterocycles. The van der Waals surface area contributed by atoms with Crippen molar-refractivity contribution in [2.45, 2.75) is 6.04 Å². The number of amides is 1. The minimum Gasteiger partial charge on any atom is -0.493 e. The molecule has 7 heteroatoms. The van der Waals surface area contributed by atoms with Crippen molar-refractivity contribution in [2.75, 3.05) is 41.0 Å². The number of carbonyl (C=O) groups excluding carboxylic acids is 1. The molecule has 0 aliphatic carbocycles. The number of hydrogen-bond acceptors (Lipinski definition) is 5. The number of carbonyl (C=O) groups is 1. The molecule has 0 radical (unpaired) electrons. The van der Waals surface area contributed by atoms with Gasteiger partial charge in [0.05, 0.1) is 20.3 Å². The molecule has 1 aromatic rings. The van der Waals surface area contributed by atoms with Gasteiger partial charge in [-0.25, -0.2) is 0 Å². The van der Waals surface area contributed by atoms with E-state index in [1.165, 1.54) is 12.0 Å². The molecule has 0 aliphatic rings. The lowest BCUT2D eigenvalue weighted by Crippen LogP contribution is -2.45. The molecule has 1 rings (SSSR count). The molecule has 0 spiro atoms. The molecular formula is C14H23ClN2O4. The number of nitrogens with two attached hydrogens (primary N) is 1. The van der Waals surface area contributed by atoms with E-state index in [-0.39, 0.29) is 24.9 Å². The fraction of sp³-hybridized carbons (Fsp3) is 0.500. The third-order valence-electron chi connectivity index (χ3n) is 2.79. The molecule has 0 bridgehead atoms. The van der Waals surface area contributed by atoms with Gasteiger partial charge in [-0.05, 0) is 12.1 Å². The first-order valence-electron chi connectivity index (χ1n) is 6.35. The first-order valence-corrected chi connectivity index (χ1v) is 6.35. The van der Waals surface area contributed by atoms with Gasteiger partial charge in [-0.1, -0.05) is 12.1 Å². The van der Waals surface area contributed by atoms with Crippen molar-refractivity contribution in [2.24, 2.45) is 5.73 Å². The van der Waals surface area contributed by atoms with Crippen LogP contribution in [-0.2, 0) is 9.53 Å². The van der Waals surface area contributed by atoms with E-state index < -0.39 is 6.04 Å². The number of likely N-dealkylation sites (N-methyl/N-ethyl adjacent to an activating group) is 1. The Balaban J connectivity index is 0.00000400. The second-order valence-electron chi connectivity index (χ2n) is 4.32. The smallest absolute Gasteiger partial charge is 0.241 e. The largest absolute Gasteiger partial charge is 0.493 e. The zero-order chi connectivity index (χ0) is 15.0. The molecule has 1 unspecified atom stereocenters. The van der Waals surface area contributed by atoms with Crippen LogP contribution < -0.4 is 15.2 Å². The Morgan fingerprint density at radius 1 is 1.29 bits per heavy atom. The van der Waals surface area contributed by atoms with Crippen LogP contribution >= 0.6 is 12.4 Å². The summed E-state index contributed by atoms with van der Waals surface area (Å²) in [6.07, 6.45) is 0. The number of hydrogen-bond donors (Lipinski definition) is 1. The summed E-state index contributed by atoms with van der Waals surface area (Å²) in [6, 6.07) is 6.72. The van der Waals surface area contributed by atoms with Crippen molar-refractivity contribution in [1.82, 2.24) is 4.90 Å². The van der Waals surface area contributed by atoms with Crippen molar-refractivity contribution in [1.29, 1.82) is 0 Å². The lowest BCUT2D eigenvalue weighted by atomic mass is 10.3. The normalized spacial score (nSPS) is 11.2. The number of methoxy groups -OCH3 is 2. The van der Waals surface area contributed by atoms with Crippen molar-refractivity contribution in [3.8, 4) is 11.5 Å². The zero-order valence-electron chi connectivity index (χ0n) is 12.6. The fourth-order valence-electron chi connectivity index (χ4n) is 1.67. The van der Waals surface area contributed by atoms with Crippen LogP contribution in [0, 0.1) is 0 Å². The molecule has 0 saturated heterocycles. The number of halogens is 1. The van der Waals surface area contributed by atoms with E-state index in [1.54, 1.807) is 14.2 Å². The Labute approximate surface area is 131 Å². The van der Waals surface area contributed by atoms with Gasteiger partial charge in [0.25, 0.3) is 0 Å². The van der Waals surface area contributed by atoms with Gasteiger partial charge in [0, 0.05) is 14.2 Å². The van der Waals surface area contributed by atoms with Crippen LogP contribution in [0.25, 0.3) is 0 Å². The van der Waals surface area contributed by atoms with Gasteiger partial charge < -0.3 is 24.8 Å². The summed E-state index contributed by atoms with van der Waals surface area (Å²) >= 11 is 0. The summed E-state index contributed by atoms with van der Waals surface area (Å²) in [5, 5.41) is 0. The van der Waals surface area contributed by atoms with E-state index in [0.29, 0.717) is 24.7 Å².